The van der Waals surface area contributed by atoms with Crippen molar-refractivity contribution in [3.63, 3.8) is 0 Å². The van der Waals surface area contributed by atoms with Crippen LogP contribution in [0.2, 0.25) is 0 Å². The number of hydrogen-bond donors (Lipinski definition) is 3. The molecule has 18 heavy (non-hydrogen) atoms. The van der Waals surface area contributed by atoms with Gasteiger partial charge in [0.2, 0.25) is 0 Å². The van der Waals surface area contributed by atoms with E-state index in [1.807, 2.05) is 12.2 Å². The first-order valence-electron chi connectivity index (χ1n) is 6.36. The maximum Gasteiger partial charge on any atom is 0.112 e. The van der Waals surface area contributed by atoms with Crippen LogP contribution in [0.25, 0.3) is 0 Å². The Balaban J connectivity index is 1.87. The van der Waals surface area contributed by atoms with Crippen LogP contribution in [0.1, 0.15) is 12.8 Å². The molecule has 2 aliphatic carbocycles. The summed E-state index contributed by atoms with van der Waals surface area (Å²) in [5.74, 6) is 0.569. The smallest absolute Gasteiger partial charge is 0.112 e. The third-order valence-corrected chi connectivity index (χ3v) is 3.65. The summed E-state index contributed by atoms with van der Waals surface area (Å²) in [5.41, 5.74) is 1.19. The molecule has 1 unspecified atom stereocenters. The number of fused-ring (bicyclic) bond motifs is 1. The van der Waals surface area contributed by atoms with Crippen molar-refractivity contribution in [2.24, 2.45) is 5.92 Å². The molecule has 3 aliphatic rings. The highest BCUT2D eigenvalue weighted by Gasteiger charge is 2.31. The highest BCUT2D eigenvalue weighted by atomic mass is 16.3. The molecule has 1 aliphatic heterocycles. The van der Waals surface area contributed by atoms with Crippen LogP contribution < -0.4 is 5.32 Å². The zero-order valence-electron chi connectivity index (χ0n) is 10.1. The minimum atomic E-state index is -0.0645. The van der Waals surface area contributed by atoms with Crippen LogP contribution >= 0.6 is 0 Å². The average molecular weight is 243 g/mol. The second-order valence-corrected chi connectivity index (χ2v) is 4.92. The fraction of sp³-hybridized carbons (Fsp3) is 0.333. The molecule has 0 saturated heterocycles. The Hall–Kier alpha value is -1.74. The number of aliphatic hydroxyl groups excluding tert-OH is 2. The van der Waals surface area contributed by atoms with Gasteiger partial charge in [0.05, 0.1) is 17.7 Å². The topological polar surface area (TPSA) is 52.5 Å². The standard InChI is InChI=1S/C15H17NO2/c17-11-6-7-12-14(8-11)16-13(9-15(12)18)10-4-2-1-3-5-10/h2,4-9,12-14,16-18H,1,3H2/t12-,13+,14?/m0/s1. The van der Waals surface area contributed by atoms with E-state index in [4.69, 9.17) is 0 Å². The van der Waals surface area contributed by atoms with Gasteiger partial charge in [0.15, 0.2) is 0 Å². The number of rotatable bonds is 1. The summed E-state index contributed by atoms with van der Waals surface area (Å²) in [7, 11) is 0. The maximum atomic E-state index is 10.1. The van der Waals surface area contributed by atoms with Crippen LogP contribution in [0, 0.1) is 5.92 Å². The number of nitrogens with one attached hydrogen (secondary N) is 1. The van der Waals surface area contributed by atoms with Crippen molar-refractivity contribution in [2.75, 3.05) is 0 Å². The average Bonchev–Trinajstić information content (AvgIpc) is 2.39. The van der Waals surface area contributed by atoms with Gasteiger partial charge in [-0.3, -0.25) is 5.32 Å². The lowest BCUT2D eigenvalue weighted by Gasteiger charge is -2.34. The minimum absolute atomic E-state index is 0.0262. The van der Waals surface area contributed by atoms with Crippen LogP contribution in [0.15, 0.2) is 59.6 Å². The van der Waals surface area contributed by atoms with E-state index in [2.05, 4.69) is 23.5 Å². The largest absolute Gasteiger partial charge is 0.512 e. The van der Waals surface area contributed by atoms with E-state index in [1.165, 1.54) is 5.57 Å². The summed E-state index contributed by atoms with van der Waals surface area (Å²) in [6, 6.07) is -0.0143. The molecule has 0 saturated carbocycles. The van der Waals surface area contributed by atoms with Crippen LogP contribution in [-0.2, 0) is 0 Å². The van der Waals surface area contributed by atoms with E-state index in [0.717, 1.165) is 12.8 Å². The van der Waals surface area contributed by atoms with Gasteiger partial charge in [-0.1, -0.05) is 24.3 Å². The second-order valence-electron chi connectivity index (χ2n) is 4.92. The molecule has 0 fully saturated rings. The summed E-state index contributed by atoms with van der Waals surface area (Å²) in [4.78, 5) is 0. The fourth-order valence-electron chi connectivity index (χ4n) is 2.69. The molecular formula is C15H17NO2. The predicted molar refractivity (Wildman–Crippen MR) is 71.2 cm³/mol. The molecule has 0 amide bonds. The lowest BCUT2D eigenvalue weighted by molar-refractivity contribution is 0.294. The van der Waals surface area contributed by atoms with Gasteiger partial charge in [-0.25, -0.2) is 0 Å². The first-order chi connectivity index (χ1) is 8.74. The van der Waals surface area contributed by atoms with Crippen LogP contribution in [-0.4, -0.2) is 22.3 Å². The first kappa shape index (κ1) is 11.4. The molecule has 0 spiro atoms. The summed E-state index contributed by atoms with van der Waals surface area (Å²) in [6.07, 6.45) is 15.7. The lowest BCUT2D eigenvalue weighted by atomic mass is 9.85. The maximum absolute atomic E-state index is 10.1. The van der Waals surface area contributed by atoms with E-state index in [-0.39, 0.29) is 23.8 Å². The minimum Gasteiger partial charge on any atom is -0.512 e. The molecule has 94 valence electrons. The molecule has 1 heterocycles. The van der Waals surface area contributed by atoms with Crippen molar-refractivity contribution >= 4 is 0 Å². The van der Waals surface area contributed by atoms with E-state index in [0.29, 0.717) is 5.76 Å². The van der Waals surface area contributed by atoms with Gasteiger partial charge in [0, 0.05) is 6.04 Å². The Morgan fingerprint density at radius 1 is 1.11 bits per heavy atom. The van der Waals surface area contributed by atoms with Gasteiger partial charge in [-0.15, -0.1) is 0 Å². The van der Waals surface area contributed by atoms with Crippen LogP contribution in [0.5, 0.6) is 0 Å². The van der Waals surface area contributed by atoms with Crippen LogP contribution in [0.4, 0.5) is 0 Å². The van der Waals surface area contributed by atoms with E-state index >= 15 is 0 Å². The molecule has 0 radical (unpaired) electrons. The quantitative estimate of drug-likeness (QED) is 0.663. The van der Waals surface area contributed by atoms with Gasteiger partial charge in [-0.2, -0.15) is 0 Å². The predicted octanol–water partition coefficient (Wildman–Crippen LogP) is 2.67. The van der Waals surface area contributed by atoms with Gasteiger partial charge in [0.1, 0.15) is 5.76 Å². The summed E-state index contributed by atoms with van der Waals surface area (Å²) in [5, 5.41) is 23.1. The molecule has 3 rings (SSSR count). The Morgan fingerprint density at radius 3 is 2.78 bits per heavy atom. The Morgan fingerprint density at radius 2 is 2.00 bits per heavy atom. The molecule has 0 bridgehead atoms. The highest BCUT2D eigenvalue weighted by Crippen LogP contribution is 2.29. The monoisotopic (exact) mass is 243 g/mol. The molecule has 0 aromatic heterocycles. The normalized spacial score (nSPS) is 34.4. The third-order valence-electron chi connectivity index (χ3n) is 3.65. The van der Waals surface area contributed by atoms with Crippen molar-refractivity contribution in [1.29, 1.82) is 0 Å². The summed E-state index contributed by atoms with van der Waals surface area (Å²) < 4.78 is 0. The zero-order chi connectivity index (χ0) is 12.5. The highest BCUT2D eigenvalue weighted by molar-refractivity contribution is 5.38. The van der Waals surface area contributed by atoms with Gasteiger partial charge < -0.3 is 10.2 Å². The third kappa shape index (κ3) is 2.02. The molecule has 3 heteroatoms. The molecule has 0 aromatic carbocycles. The van der Waals surface area contributed by atoms with Crippen LogP contribution in [0.3, 0.4) is 0 Å². The van der Waals surface area contributed by atoms with E-state index in [9.17, 15) is 10.2 Å². The van der Waals surface area contributed by atoms with Crippen molar-refractivity contribution < 1.29 is 10.2 Å². The van der Waals surface area contributed by atoms with Crippen molar-refractivity contribution in [1.82, 2.24) is 5.32 Å². The second kappa shape index (κ2) is 4.50. The van der Waals surface area contributed by atoms with Gasteiger partial charge >= 0.3 is 0 Å². The Labute approximate surface area is 107 Å². The fourth-order valence-corrected chi connectivity index (χ4v) is 2.69. The SMILES string of the molecule is OC1=CC2N[C@@H](C3=CCCC=C3)C=C(O)[C@H]2C=C1. The Bertz CT molecular complexity index is 497. The molecule has 0 aromatic rings. The molecule has 3 N–H and O–H groups in total. The van der Waals surface area contributed by atoms with Gasteiger partial charge in [-0.05, 0) is 36.6 Å². The number of allylic oxidation sites excluding steroid dienone is 3. The van der Waals surface area contributed by atoms with E-state index in [1.54, 1.807) is 12.2 Å². The van der Waals surface area contributed by atoms with Gasteiger partial charge in [0.25, 0.3) is 0 Å². The molecule has 3 nitrogen and oxygen atoms in total. The summed E-state index contributed by atoms with van der Waals surface area (Å²) >= 11 is 0. The van der Waals surface area contributed by atoms with Crippen molar-refractivity contribution in [2.45, 2.75) is 24.9 Å². The van der Waals surface area contributed by atoms with Crippen molar-refractivity contribution in [3.05, 3.63) is 59.6 Å². The van der Waals surface area contributed by atoms with Crippen molar-refractivity contribution in [3.8, 4) is 0 Å². The number of aliphatic hydroxyl groups is 2. The summed E-state index contributed by atoms with van der Waals surface area (Å²) in [6.45, 7) is 0. The zero-order valence-corrected chi connectivity index (χ0v) is 10.1. The number of hydrogen-bond acceptors (Lipinski definition) is 3. The first-order valence-corrected chi connectivity index (χ1v) is 6.36. The van der Waals surface area contributed by atoms with E-state index < -0.39 is 0 Å². The molecular weight excluding hydrogens is 226 g/mol. The molecule has 3 atom stereocenters. The lowest BCUT2D eigenvalue weighted by Crippen LogP contribution is -2.46. The Kier molecular flexibility index (Phi) is 2.84.